The van der Waals surface area contributed by atoms with Gasteiger partial charge in [0, 0.05) is 19.8 Å². The Morgan fingerprint density at radius 2 is 2.30 bits per heavy atom. The number of pyridine rings is 1. The van der Waals surface area contributed by atoms with E-state index in [0.29, 0.717) is 5.56 Å². The van der Waals surface area contributed by atoms with Gasteiger partial charge in [0.25, 0.3) is 0 Å². The molecule has 1 aromatic rings. The molecule has 4 heteroatoms. The first-order valence-electron chi connectivity index (χ1n) is 7.43. The number of fused-ring (bicyclic) bond motifs is 2. The summed E-state index contributed by atoms with van der Waals surface area (Å²) in [6.45, 7) is 1.04. The molecule has 0 spiro atoms. The third-order valence-corrected chi connectivity index (χ3v) is 4.95. The van der Waals surface area contributed by atoms with Crippen LogP contribution in [0.15, 0.2) is 18.3 Å². The zero-order valence-electron chi connectivity index (χ0n) is 12.2. The van der Waals surface area contributed by atoms with Crippen LogP contribution in [0.4, 0.5) is 5.82 Å². The maximum absolute atomic E-state index is 11.6. The molecule has 0 amide bonds. The van der Waals surface area contributed by atoms with Crippen molar-refractivity contribution in [2.24, 2.45) is 17.8 Å². The largest absolute Gasteiger partial charge is 0.465 e. The number of nitrogens with zero attached hydrogens (tertiary/aromatic N) is 2. The first-order valence-corrected chi connectivity index (χ1v) is 7.43. The summed E-state index contributed by atoms with van der Waals surface area (Å²) in [5, 5.41) is 0. The van der Waals surface area contributed by atoms with Gasteiger partial charge in [0.05, 0.1) is 12.7 Å². The van der Waals surface area contributed by atoms with Crippen molar-refractivity contribution in [3.05, 3.63) is 23.9 Å². The van der Waals surface area contributed by atoms with E-state index in [1.54, 1.807) is 12.3 Å². The van der Waals surface area contributed by atoms with Crippen molar-refractivity contribution in [1.82, 2.24) is 4.98 Å². The van der Waals surface area contributed by atoms with Gasteiger partial charge in [-0.2, -0.15) is 0 Å². The molecule has 1 aromatic heterocycles. The number of aromatic nitrogens is 1. The first-order chi connectivity index (χ1) is 9.67. The summed E-state index contributed by atoms with van der Waals surface area (Å²) >= 11 is 0. The third kappa shape index (κ3) is 2.51. The molecule has 20 heavy (non-hydrogen) atoms. The minimum atomic E-state index is -0.304. The fraction of sp³-hybridized carbons (Fsp3) is 0.625. The lowest BCUT2D eigenvalue weighted by molar-refractivity contribution is 0.0600. The molecular formula is C16H22N2O2. The Kier molecular flexibility index (Phi) is 3.64. The second-order valence-electron chi connectivity index (χ2n) is 6.21. The van der Waals surface area contributed by atoms with Gasteiger partial charge < -0.3 is 9.64 Å². The monoisotopic (exact) mass is 274 g/mol. The van der Waals surface area contributed by atoms with Gasteiger partial charge in [0.15, 0.2) is 0 Å². The van der Waals surface area contributed by atoms with Crippen LogP contribution in [-0.2, 0) is 4.74 Å². The van der Waals surface area contributed by atoms with Gasteiger partial charge in [-0.15, -0.1) is 0 Å². The molecule has 2 aliphatic carbocycles. The fourth-order valence-electron chi connectivity index (χ4n) is 3.92. The molecule has 0 aliphatic heterocycles. The number of esters is 1. The SMILES string of the molecule is COC(=O)c1ccnc(N(C)CC2CC3CCC2C3)c1. The molecule has 2 bridgehead atoms. The van der Waals surface area contributed by atoms with Gasteiger partial charge >= 0.3 is 5.97 Å². The average Bonchev–Trinajstić information content (AvgIpc) is 3.09. The number of rotatable bonds is 4. The summed E-state index contributed by atoms with van der Waals surface area (Å²) in [6, 6.07) is 3.51. The number of hydrogen-bond acceptors (Lipinski definition) is 4. The number of anilines is 1. The Hall–Kier alpha value is -1.58. The van der Waals surface area contributed by atoms with Crippen molar-refractivity contribution in [3.8, 4) is 0 Å². The predicted octanol–water partition coefficient (Wildman–Crippen LogP) is 2.74. The van der Waals surface area contributed by atoms with Crippen molar-refractivity contribution < 1.29 is 9.53 Å². The fourth-order valence-corrected chi connectivity index (χ4v) is 3.92. The van der Waals surface area contributed by atoms with Crippen LogP contribution in [-0.4, -0.2) is 31.7 Å². The molecule has 4 nitrogen and oxygen atoms in total. The number of methoxy groups -OCH3 is 1. The highest BCUT2D eigenvalue weighted by atomic mass is 16.5. The lowest BCUT2D eigenvalue weighted by Crippen LogP contribution is -2.29. The molecule has 0 saturated heterocycles. The van der Waals surface area contributed by atoms with E-state index in [1.807, 2.05) is 6.07 Å². The molecule has 3 unspecified atom stereocenters. The molecule has 108 valence electrons. The van der Waals surface area contributed by atoms with E-state index in [1.165, 1.54) is 32.8 Å². The average molecular weight is 274 g/mol. The standard InChI is InChI=1S/C16H22N2O2/c1-18(10-14-8-11-3-4-12(14)7-11)15-9-13(5-6-17-15)16(19)20-2/h5-6,9,11-12,14H,3-4,7-8,10H2,1-2H3. The van der Waals surface area contributed by atoms with Gasteiger partial charge in [-0.05, 0) is 49.1 Å². The van der Waals surface area contributed by atoms with Gasteiger partial charge in [-0.3, -0.25) is 0 Å². The number of hydrogen-bond donors (Lipinski definition) is 0. The molecule has 0 N–H and O–H groups in total. The Labute approximate surface area is 120 Å². The van der Waals surface area contributed by atoms with E-state index < -0.39 is 0 Å². The summed E-state index contributed by atoms with van der Waals surface area (Å²) in [5.74, 6) is 3.22. The highest BCUT2D eigenvalue weighted by molar-refractivity contribution is 5.90. The normalized spacial score (nSPS) is 27.6. The van der Waals surface area contributed by atoms with Crippen molar-refractivity contribution in [1.29, 1.82) is 0 Å². The van der Waals surface area contributed by atoms with Crippen LogP contribution in [0.1, 0.15) is 36.0 Å². The van der Waals surface area contributed by atoms with Crippen molar-refractivity contribution >= 4 is 11.8 Å². The van der Waals surface area contributed by atoms with E-state index in [-0.39, 0.29) is 5.97 Å². The molecule has 0 aromatic carbocycles. The Balaban J connectivity index is 1.67. The van der Waals surface area contributed by atoms with Crippen LogP contribution in [0, 0.1) is 17.8 Å². The van der Waals surface area contributed by atoms with E-state index in [4.69, 9.17) is 4.74 Å². The zero-order valence-corrected chi connectivity index (χ0v) is 12.2. The topological polar surface area (TPSA) is 42.4 Å². The van der Waals surface area contributed by atoms with Crippen molar-refractivity contribution in [2.45, 2.75) is 25.7 Å². The number of ether oxygens (including phenoxy) is 1. The lowest BCUT2D eigenvalue weighted by Gasteiger charge is -2.28. The van der Waals surface area contributed by atoms with Gasteiger partial charge in [-0.1, -0.05) is 6.42 Å². The smallest absolute Gasteiger partial charge is 0.338 e. The second kappa shape index (κ2) is 5.43. The Morgan fingerprint density at radius 1 is 1.45 bits per heavy atom. The van der Waals surface area contributed by atoms with Crippen LogP contribution in [0.5, 0.6) is 0 Å². The summed E-state index contributed by atoms with van der Waals surface area (Å²) in [6.07, 6.45) is 7.30. The molecule has 0 radical (unpaired) electrons. The number of carbonyl (C=O) groups is 1. The predicted molar refractivity (Wildman–Crippen MR) is 77.8 cm³/mol. The summed E-state index contributed by atoms with van der Waals surface area (Å²) < 4.78 is 4.76. The van der Waals surface area contributed by atoms with Crippen molar-refractivity contribution in [2.75, 3.05) is 25.6 Å². The zero-order chi connectivity index (χ0) is 14.1. The summed E-state index contributed by atoms with van der Waals surface area (Å²) in [4.78, 5) is 18.1. The first kappa shape index (κ1) is 13.4. The van der Waals surface area contributed by atoms with E-state index in [9.17, 15) is 4.79 Å². The molecule has 1 heterocycles. The van der Waals surface area contributed by atoms with Crippen LogP contribution < -0.4 is 4.90 Å². The van der Waals surface area contributed by atoms with E-state index >= 15 is 0 Å². The highest BCUT2D eigenvalue weighted by Gasteiger charge is 2.39. The summed E-state index contributed by atoms with van der Waals surface area (Å²) in [7, 11) is 3.47. The van der Waals surface area contributed by atoms with Crippen LogP contribution in [0.2, 0.25) is 0 Å². The molecule has 2 fully saturated rings. The maximum atomic E-state index is 11.6. The molecule has 2 aliphatic rings. The van der Waals surface area contributed by atoms with Gasteiger partial charge in [-0.25, -0.2) is 9.78 Å². The molecular weight excluding hydrogens is 252 g/mol. The number of carbonyl (C=O) groups excluding carboxylic acids is 1. The molecule has 3 atom stereocenters. The van der Waals surface area contributed by atoms with Crippen molar-refractivity contribution in [3.63, 3.8) is 0 Å². The van der Waals surface area contributed by atoms with Crippen LogP contribution >= 0.6 is 0 Å². The minimum absolute atomic E-state index is 0.304. The van der Waals surface area contributed by atoms with Crippen LogP contribution in [0.3, 0.4) is 0 Å². The van der Waals surface area contributed by atoms with Crippen LogP contribution in [0.25, 0.3) is 0 Å². The summed E-state index contributed by atoms with van der Waals surface area (Å²) in [5.41, 5.74) is 0.567. The Bertz CT molecular complexity index is 503. The second-order valence-corrected chi connectivity index (χ2v) is 6.21. The maximum Gasteiger partial charge on any atom is 0.338 e. The lowest BCUT2D eigenvalue weighted by atomic mass is 9.88. The highest BCUT2D eigenvalue weighted by Crippen LogP contribution is 2.48. The molecule has 3 rings (SSSR count). The van der Waals surface area contributed by atoms with E-state index in [2.05, 4.69) is 16.9 Å². The third-order valence-electron chi connectivity index (χ3n) is 4.95. The Morgan fingerprint density at radius 3 is 2.95 bits per heavy atom. The van der Waals surface area contributed by atoms with Gasteiger partial charge in [0.2, 0.25) is 0 Å². The minimum Gasteiger partial charge on any atom is -0.465 e. The molecule has 2 saturated carbocycles. The van der Waals surface area contributed by atoms with E-state index in [0.717, 1.165) is 30.1 Å². The van der Waals surface area contributed by atoms with Gasteiger partial charge in [0.1, 0.15) is 5.82 Å². The quantitative estimate of drug-likeness (QED) is 0.792.